The molecule has 1 aromatic carbocycles. The topological polar surface area (TPSA) is 72.9 Å². The van der Waals surface area contributed by atoms with Crippen molar-refractivity contribution in [2.45, 2.75) is 19.3 Å². The predicted octanol–water partition coefficient (Wildman–Crippen LogP) is 1.07. The summed E-state index contributed by atoms with van der Waals surface area (Å²) in [5, 5.41) is 13.2. The van der Waals surface area contributed by atoms with Gasteiger partial charge in [-0.2, -0.15) is 0 Å². The predicted molar refractivity (Wildman–Crippen MR) is 93.2 cm³/mol. The van der Waals surface area contributed by atoms with E-state index in [0.717, 1.165) is 32.4 Å². The molecule has 1 unspecified atom stereocenters. The van der Waals surface area contributed by atoms with Crippen molar-refractivity contribution in [2.24, 2.45) is 11.3 Å². The molecule has 2 saturated heterocycles. The van der Waals surface area contributed by atoms with Crippen LogP contribution in [0.1, 0.15) is 29.6 Å². The van der Waals surface area contributed by atoms with Crippen molar-refractivity contribution < 1.29 is 14.7 Å². The van der Waals surface area contributed by atoms with E-state index in [1.807, 2.05) is 4.90 Å². The van der Waals surface area contributed by atoms with Gasteiger partial charge in [0.25, 0.3) is 5.91 Å². The monoisotopic (exact) mass is 343 g/mol. The van der Waals surface area contributed by atoms with E-state index >= 15 is 0 Å². The number of carbonyl (C=O) groups is 2. The summed E-state index contributed by atoms with van der Waals surface area (Å²) in [7, 11) is 0. The Bertz CT molecular complexity index is 676. The molecule has 25 heavy (non-hydrogen) atoms. The van der Waals surface area contributed by atoms with Gasteiger partial charge in [-0.3, -0.25) is 9.59 Å². The second-order valence-electron chi connectivity index (χ2n) is 7.50. The summed E-state index contributed by atoms with van der Waals surface area (Å²) in [5.74, 6) is 0.315. The fourth-order valence-electron chi connectivity index (χ4n) is 4.35. The second kappa shape index (κ2) is 6.33. The Morgan fingerprint density at radius 3 is 2.36 bits per heavy atom. The summed E-state index contributed by atoms with van der Waals surface area (Å²) in [5.41, 5.74) is 0.587. The highest BCUT2D eigenvalue weighted by Gasteiger charge is 2.58. The van der Waals surface area contributed by atoms with E-state index in [0.29, 0.717) is 31.7 Å². The lowest BCUT2D eigenvalue weighted by atomic mass is 9.91. The summed E-state index contributed by atoms with van der Waals surface area (Å²) < 4.78 is 0. The normalized spacial score (nSPS) is 25.0. The summed E-state index contributed by atoms with van der Waals surface area (Å²) in [6, 6.07) is 6.62. The number of rotatable bonds is 2. The summed E-state index contributed by atoms with van der Waals surface area (Å²) in [4.78, 5) is 29.0. The molecule has 2 aliphatic heterocycles. The molecule has 2 heterocycles. The highest BCUT2D eigenvalue weighted by molar-refractivity contribution is 5.97. The Morgan fingerprint density at radius 1 is 1.04 bits per heavy atom. The van der Waals surface area contributed by atoms with Crippen LogP contribution in [0.15, 0.2) is 24.3 Å². The van der Waals surface area contributed by atoms with Gasteiger partial charge in [0, 0.05) is 32.1 Å². The first-order chi connectivity index (χ1) is 12.1. The molecule has 2 amide bonds. The maximum absolute atomic E-state index is 12.8. The lowest BCUT2D eigenvalue weighted by molar-refractivity contribution is -0.135. The quantitative estimate of drug-likeness (QED) is 0.842. The minimum absolute atomic E-state index is 0.0110. The van der Waals surface area contributed by atoms with Gasteiger partial charge >= 0.3 is 0 Å². The molecular formula is C19H25N3O3. The molecular weight excluding hydrogens is 318 g/mol. The maximum atomic E-state index is 12.8. The van der Waals surface area contributed by atoms with Crippen molar-refractivity contribution in [1.82, 2.24) is 15.1 Å². The van der Waals surface area contributed by atoms with E-state index in [1.54, 1.807) is 23.1 Å². The number of phenolic OH excluding ortho intramolecular Hbond substituents is 1. The van der Waals surface area contributed by atoms with Crippen LogP contribution in [-0.2, 0) is 4.79 Å². The fraction of sp³-hybridized carbons (Fsp3) is 0.579. The first kappa shape index (κ1) is 16.4. The number of nitrogens with zero attached hydrogens (tertiary/aromatic N) is 2. The van der Waals surface area contributed by atoms with Gasteiger partial charge in [-0.1, -0.05) is 12.1 Å². The van der Waals surface area contributed by atoms with Gasteiger partial charge in [0.15, 0.2) is 0 Å². The van der Waals surface area contributed by atoms with E-state index < -0.39 is 0 Å². The van der Waals surface area contributed by atoms with E-state index in [9.17, 15) is 14.7 Å². The number of piperidine rings is 1. The molecule has 1 saturated carbocycles. The van der Waals surface area contributed by atoms with Crippen molar-refractivity contribution in [2.75, 3.05) is 39.3 Å². The maximum Gasteiger partial charge on any atom is 0.257 e. The molecule has 6 nitrogen and oxygen atoms in total. The summed E-state index contributed by atoms with van der Waals surface area (Å²) in [6.07, 6.45) is 3.24. The SMILES string of the molecule is O=C(c1ccccc1O)N1CCN(C(=O)C2CC23CCNCC3)CC1. The zero-order valence-electron chi connectivity index (χ0n) is 14.4. The van der Waals surface area contributed by atoms with Crippen molar-refractivity contribution in [1.29, 1.82) is 0 Å². The van der Waals surface area contributed by atoms with E-state index in [2.05, 4.69) is 5.32 Å². The van der Waals surface area contributed by atoms with Crippen LogP contribution in [-0.4, -0.2) is 66.0 Å². The fourth-order valence-corrected chi connectivity index (χ4v) is 4.35. The Kier molecular flexibility index (Phi) is 4.15. The van der Waals surface area contributed by atoms with Gasteiger partial charge in [-0.25, -0.2) is 0 Å². The molecule has 134 valence electrons. The van der Waals surface area contributed by atoms with Crippen LogP contribution in [0, 0.1) is 11.3 Å². The number of carbonyl (C=O) groups excluding carboxylic acids is 2. The number of nitrogens with one attached hydrogen (secondary N) is 1. The number of piperazine rings is 1. The highest BCUT2D eigenvalue weighted by atomic mass is 16.3. The van der Waals surface area contributed by atoms with Gasteiger partial charge in [-0.15, -0.1) is 0 Å². The molecule has 1 spiro atoms. The largest absolute Gasteiger partial charge is 0.507 e. The van der Waals surface area contributed by atoms with Crippen molar-refractivity contribution in [3.63, 3.8) is 0 Å². The van der Waals surface area contributed by atoms with Crippen LogP contribution in [0.2, 0.25) is 0 Å². The first-order valence-corrected chi connectivity index (χ1v) is 9.17. The third-order valence-corrected chi connectivity index (χ3v) is 6.10. The van der Waals surface area contributed by atoms with Gasteiger partial charge in [0.1, 0.15) is 5.75 Å². The summed E-state index contributed by atoms with van der Waals surface area (Å²) >= 11 is 0. The molecule has 2 N–H and O–H groups in total. The van der Waals surface area contributed by atoms with E-state index in [-0.39, 0.29) is 28.9 Å². The number of hydrogen-bond donors (Lipinski definition) is 2. The summed E-state index contributed by atoms with van der Waals surface area (Å²) in [6.45, 7) is 4.27. The molecule has 1 atom stereocenters. The minimum atomic E-state index is -0.161. The smallest absolute Gasteiger partial charge is 0.257 e. The lowest BCUT2D eigenvalue weighted by Crippen LogP contribution is -2.51. The van der Waals surface area contributed by atoms with Crippen LogP contribution in [0.5, 0.6) is 5.75 Å². The van der Waals surface area contributed by atoms with Crippen molar-refractivity contribution in [3.8, 4) is 5.75 Å². The average molecular weight is 343 g/mol. The molecule has 0 aromatic heterocycles. The van der Waals surface area contributed by atoms with Crippen LogP contribution >= 0.6 is 0 Å². The third kappa shape index (κ3) is 2.99. The van der Waals surface area contributed by atoms with E-state index in [4.69, 9.17) is 0 Å². The Hall–Kier alpha value is -2.08. The molecule has 0 radical (unpaired) electrons. The second-order valence-corrected chi connectivity index (χ2v) is 7.50. The Labute approximate surface area is 147 Å². The average Bonchev–Trinajstić information content (AvgIpc) is 3.34. The van der Waals surface area contributed by atoms with Crippen LogP contribution in [0.3, 0.4) is 0 Å². The first-order valence-electron chi connectivity index (χ1n) is 9.17. The van der Waals surface area contributed by atoms with Crippen molar-refractivity contribution in [3.05, 3.63) is 29.8 Å². The van der Waals surface area contributed by atoms with Crippen LogP contribution < -0.4 is 5.32 Å². The molecule has 3 fully saturated rings. The molecule has 1 aliphatic carbocycles. The van der Waals surface area contributed by atoms with Crippen molar-refractivity contribution >= 4 is 11.8 Å². The zero-order valence-corrected chi connectivity index (χ0v) is 14.4. The number of benzene rings is 1. The minimum Gasteiger partial charge on any atom is -0.507 e. The van der Waals surface area contributed by atoms with Gasteiger partial charge in [0.2, 0.25) is 5.91 Å². The van der Waals surface area contributed by atoms with E-state index in [1.165, 1.54) is 6.07 Å². The number of aromatic hydroxyl groups is 1. The Balaban J connectivity index is 1.33. The van der Waals surface area contributed by atoms with Gasteiger partial charge in [0.05, 0.1) is 5.56 Å². The highest BCUT2D eigenvalue weighted by Crippen LogP contribution is 2.59. The molecule has 6 heteroatoms. The van der Waals surface area contributed by atoms with Crippen LogP contribution in [0.4, 0.5) is 0 Å². The lowest BCUT2D eigenvalue weighted by Gasteiger charge is -2.35. The standard InChI is InChI=1S/C19H25N3O3/c23-16-4-2-1-3-14(16)17(24)21-9-11-22(12-10-21)18(25)15-13-19(15)5-7-20-8-6-19/h1-4,15,20,23H,5-13H2. The third-order valence-electron chi connectivity index (χ3n) is 6.10. The molecule has 1 aromatic rings. The van der Waals surface area contributed by atoms with Gasteiger partial charge in [-0.05, 0) is 49.9 Å². The Morgan fingerprint density at radius 2 is 1.68 bits per heavy atom. The molecule has 4 rings (SSSR count). The number of hydrogen-bond acceptors (Lipinski definition) is 4. The van der Waals surface area contributed by atoms with Crippen LogP contribution in [0.25, 0.3) is 0 Å². The number of phenols is 1. The molecule has 3 aliphatic rings. The molecule has 0 bridgehead atoms. The zero-order chi connectivity index (χ0) is 17.4. The van der Waals surface area contributed by atoms with Gasteiger partial charge < -0.3 is 20.2 Å². The number of amides is 2. The number of para-hydroxylation sites is 1.